The molecule has 20 heavy (non-hydrogen) atoms. The van der Waals surface area contributed by atoms with E-state index >= 15 is 0 Å². The lowest BCUT2D eigenvalue weighted by Gasteiger charge is -2.12. The molecule has 0 radical (unpaired) electrons. The number of hydrogen-bond acceptors (Lipinski definition) is 4. The van der Waals surface area contributed by atoms with E-state index < -0.39 is 0 Å². The Kier molecular flexibility index (Phi) is 7.70. The number of rotatable bonds is 0. The van der Waals surface area contributed by atoms with Gasteiger partial charge in [0, 0.05) is 12.2 Å². The van der Waals surface area contributed by atoms with E-state index in [4.69, 9.17) is 9.47 Å². The van der Waals surface area contributed by atoms with Crippen molar-refractivity contribution in [1.29, 1.82) is 0 Å². The fraction of sp³-hybridized carbons (Fsp3) is 0.625. The van der Waals surface area contributed by atoms with Gasteiger partial charge in [-0.1, -0.05) is 12.2 Å². The van der Waals surface area contributed by atoms with Gasteiger partial charge in [-0.15, -0.1) is 0 Å². The summed E-state index contributed by atoms with van der Waals surface area (Å²) in [7, 11) is 0. The van der Waals surface area contributed by atoms with Gasteiger partial charge in [0.2, 0.25) is 0 Å². The van der Waals surface area contributed by atoms with Gasteiger partial charge in [-0.05, 0) is 52.4 Å². The van der Waals surface area contributed by atoms with Crippen molar-refractivity contribution in [3.05, 3.63) is 24.3 Å². The van der Waals surface area contributed by atoms with E-state index in [2.05, 4.69) is 0 Å². The second-order valence-corrected chi connectivity index (χ2v) is 5.16. The predicted octanol–water partition coefficient (Wildman–Crippen LogP) is 3.32. The Morgan fingerprint density at radius 1 is 0.850 bits per heavy atom. The van der Waals surface area contributed by atoms with Gasteiger partial charge >= 0.3 is 11.9 Å². The van der Waals surface area contributed by atoms with E-state index in [1.165, 1.54) is 12.2 Å². The molecule has 0 aromatic carbocycles. The van der Waals surface area contributed by atoms with Gasteiger partial charge < -0.3 is 9.47 Å². The van der Waals surface area contributed by atoms with Crippen LogP contribution in [0.3, 0.4) is 0 Å². The Labute approximate surface area is 120 Å². The van der Waals surface area contributed by atoms with E-state index in [1.807, 2.05) is 26.0 Å². The molecule has 0 N–H and O–H groups in total. The molecule has 1 unspecified atom stereocenters. The molecule has 0 fully saturated rings. The van der Waals surface area contributed by atoms with Crippen LogP contribution in [0.5, 0.6) is 0 Å². The van der Waals surface area contributed by atoms with Crippen molar-refractivity contribution in [2.24, 2.45) is 0 Å². The largest absolute Gasteiger partial charge is 0.460 e. The highest BCUT2D eigenvalue weighted by Crippen LogP contribution is 2.09. The van der Waals surface area contributed by atoms with Crippen molar-refractivity contribution >= 4 is 11.9 Å². The maximum absolute atomic E-state index is 11.5. The third kappa shape index (κ3) is 7.77. The van der Waals surface area contributed by atoms with Crippen LogP contribution in [0.2, 0.25) is 0 Å². The molecule has 2 atom stereocenters. The molecule has 0 aromatic rings. The Morgan fingerprint density at radius 3 is 1.65 bits per heavy atom. The number of carbonyl (C=O) groups excluding carboxylic acids is 2. The molecule has 0 saturated heterocycles. The normalized spacial score (nSPS) is 30.1. The number of carbonyl (C=O) groups is 2. The summed E-state index contributed by atoms with van der Waals surface area (Å²) in [5.74, 6) is -0.556. The number of hydrogen-bond donors (Lipinski definition) is 0. The molecule has 112 valence electrons. The number of cyclic esters (lactones) is 2. The maximum Gasteiger partial charge on any atom is 0.330 e. The number of allylic oxidation sites excluding steroid dienone is 2. The van der Waals surface area contributed by atoms with E-state index in [0.29, 0.717) is 0 Å². The minimum absolute atomic E-state index is 0.0968. The molecule has 0 aromatic heterocycles. The van der Waals surface area contributed by atoms with E-state index in [1.54, 1.807) is 0 Å². The molecule has 1 heterocycles. The minimum Gasteiger partial charge on any atom is -0.460 e. The van der Waals surface area contributed by atoms with Crippen LogP contribution in [-0.2, 0) is 19.1 Å². The molecule has 0 amide bonds. The molecular formula is C16H24O4. The molecule has 1 aliphatic rings. The molecule has 4 nitrogen and oxygen atoms in total. The van der Waals surface area contributed by atoms with Crippen molar-refractivity contribution in [3.8, 4) is 0 Å². The van der Waals surface area contributed by atoms with Gasteiger partial charge in [-0.2, -0.15) is 0 Å². The molecule has 0 aliphatic carbocycles. The second kappa shape index (κ2) is 9.34. The second-order valence-electron chi connectivity index (χ2n) is 5.16. The van der Waals surface area contributed by atoms with E-state index in [9.17, 15) is 9.59 Å². The van der Waals surface area contributed by atoms with Crippen molar-refractivity contribution in [1.82, 2.24) is 0 Å². The fourth-order valence-corrected chi connectivity index (χ4v) is 2.00. The Bertz CT molecular complexity index is 335. The summed E-state index contributed by atoms with van der Waals surface area (Å²) in [4.78, 5) is 23.0. The predicted molar refractivity (Wildman–Crippen MR) is 77.1 cm³/mol. The highest BCUT2D eigenvalue weighted by molar-refractivity contribution is 5.82. The smallest absolute Gasteiger partial charge is 0.330 e. The van der Waals surface area contributed by atoms with E-state index in [-0.39, 0.29) is 24.1 Å². The Balaban J connectivity index is 2.53. The quantitative estimate of drug-likeness (QED) is 0.639. The van der Waals surface area contributed by atoms with Crippen molar-refractivity contribution in [2.75, 3.05) is 0 Å². The van der Waals surface area contributed by atoms with Crippen molar-refractivity contribution in [2.45, 2.75) is 64.6 Å². The Morgan fingerprint density at radius 2 is 1.25 bits per heavy atom. The lowest BCUT2D eigenvalue weighted by atomic mass is 10.1. The summed E-state index contributed by atoms with van der Waals surface area (Å²) in [6, 6.07) is 0. The van der Waals surface area contributed by atoms with Gasteiger partial charge in [0.1, 0.15) is 0 Å². The van der Waals surface area contributed by atoms with Crippen LogP contribution in [0.4, 0.5) is 0 Å². The van der Waals surface area contributed by atoms with Gasteiger partial charge in [-0.3, -0.25) is 0 Å². The van der Waals surface area contributed by atoms with Gasteiger partial charge in [0.05, 0.1) is 12.2 Å². The van der Waals surface area contributed by atoms with Crippen molar-refractivity contribution < 1.29 is 19.1 Å². The number of ether oxygens (including phenoxy) is 2. The zero-order chi connectivity index (χ0) is 14.8. The average Bonchev–Trinajstić information content (AvgIpc) is 2.36. The lowest BCUT2D eigenvalue weighted by molar-refractivity contribution is -0.143. The first kappa shape index (κ1) is 16.5. The van der Waals surface area contributed by atoms with Gasteiger partial charge in [0.25, 0.3) is 0 Å². The molecule has 0 bridgehead atoms. The summed E-state index contributed by atoms with van der Waals surface area (Å²) in [5, 5.41) is 0. The lowest BCUT2D eigenvalue weighted by Crippen LogP contribution is -2.14. The minimum atomic E-state index is -0.278. The molecule has 1 rings (SSSR count). The first-order valence-corrected chi connectivity index (χ1v) is 7.32. The summed E-state index contributed by atoms with van der Waals surface area (Å²) in [6.45, 7) is 3.77. The summed E-state index contributed by atoms with van der Waals surface area (Å²) < 4.78 is 10.5. The zero-order valence-electron chi connectivity index (χ0n) is 12.3. The SMILES string of the molecule is CC1CCC/C=C/C(=O)O[C@H](C)CCC/C=C/C(=O)O1. The van der Waals surface area contributed by atoms with Crippen LogP contribution in [0, 0.1) is 0 Å². The highest BCUT2D eigenvalue weighted by atomic mass is 16.5. The van der Waals surface area contributed by atoms with E-state index in [0.717, 1.165) is 38.5 Å². The third-order valence-corrected chi connectivity index (χ3v) is 3.11. The standard InChI is InChI=1S/C16H24O4/c1-13-9-5-3-7-12-16(18)20-14(2)10-6-4-8-11-15(17)19-13/h7-8,11-14H,3-6,9-10H2,1-2H3/b11-8+,12-7+/t13-,14?/m1/s1. The highest BCUT2D eigenvalue weighted by Gasteiger charge is 2.08. The monoisotopic (exact) mass is 280 g/mol. The summed E-state index contributed by atoms with van der Waals surface area (Å²) >= 11 is 0. The van der Waals surface area contributed by atoms with Crippen LogP contribution < -0.4 is 0 Å². The van der Waals surface area contributed by atoms with Gasteiger partial charge in [-0.25, -0.2) is 9.59 Å². The van der Waals surface area contributed by atoms with Crippen molar-refractivity contribution in [3.63, 3.8) is 0 Å². The Hall–Kier alpha value is -1.58. The van der Waals surface area contributed by atoms with Crippen LogP contribution in [0.15, 0.2) is 24.3 Å². The maximum atomic E-state index is 11.5. The molecule has 0 spiro atoms. The van der Waals surface area contributed by atoms with Crippen LogP contribution in [0.25, 0.3) is 0 Å². The summed E-state index contributed by atoms with van der Waals surface area (Å²) in [5.41, 5.74) is 0. The molecule has 0 saturated carbocycles. The fourth-order valence-electron chi connectivity index (χ4n) is 2.00. The number of esters is 2. The molecule has 4 heteroatoms. The summed E-state index contributed by atoms with van der Waals surface area (Å²) in [6.07, 6.45) is 11.3. The molecule has 1 aliphatic heterocycles. The van der Waals surface area contributed by atoms with Crippen LogP contribution in [-0.4, -0.2) is 24.1 Å². The molecular weight excluding hydrogens is 256 g/mol. The van der Waals surface area contributed by atoms with Crippen LogP contribution in [0.1, 0.15) is 52.4 Å². The average molecular weight is 280 g/mol. The zero-order valence-corrected chi connectivity index (χ0v) is 12.3. The third-order valence-electron chi connectivity index (χ3n) is 3.11. The first-order valence-electron chi connectivity index (χ1n) is 7.32. The topological polar surface area (TPSA) is 52.6 Å². The van der Waals surface area contributed by atoms with Crippen LogP contribution >= 0.6 is 0 Å². The first-order chi connectivity index (χ1) is 9.58. The van der Waals surface area contributed by atoms with Gasteiger partial charge in [0.15, 0.2) is 0 Å².